The lowest BCUT2D eigenvalue weighted by Crippen LogP contribution is -2.40. The number of rotatable bonds is 5. The van der Waals surface area contributed by atoms with Gasteiger partial charge >= 0.3 is 0 Å². The molecular formula is C20H23N5O2S. The number of aromatic nitrogens is 4. The molecule has 0 radical (unpaired) electrons. The predicted octanol–water partition coefficient (Wildman–Crippen LogP) is 2.80. The minimum Gasteiger partial charge on any atom is -0.342 e. The van der Waals surface area contributed by atoms with Crippen molar-refractivity contribution < 1.29 is 4.79 Å². The van der Waals surface area contributed by atoms with Crippen LogP contribution in [-0.2, 0) is 11.3 Å². The molecule has 0 bridgehead atoms. The number of nitrogens with zero attached hydrogens (tertiary/aromatic N) is 4. The van der Waals surface area contributed by atoms with Crippen LogP contribution < -0.4 is 5.56 Å². The molecule has 7 nitrogen and oxygen atoms in total. The molecule has 1 fully saturated rings. The van der Waals surface area contributed by atoms with Crippen LogP contribution >= 0.6 is 11.3 Å². The van der Waals surface area contributed by atoms with Crippen LogP contribution in [-0.4, -0.2) is 43.6 Å². The molecule has 1 atom stereocenters. The van der Waals surface area contributed by atoms with E-state index in [1.165, 1.54) is 6.07 Å². The fourth-order valence-electron chi connectivity index (χ4n) is 3.60. The number of aromatic amines is 1. The number of thiophene rings is 1. The molecule has 0 saturated carbocycles. The van der Waals surface area contributed by atoms with Crippen LogP contribution in [0.1, 0.15) is 36.6 Å². The van der Waals surface area contributed by atoms with E-state index >= 15 is 0 Å². The standard InChI is InChI=1S/C20H23N5O2S/c1-14-11-21-25(12-14)8-6-19(27)24-7-2-4-15(13-24)20-22-16(10-18(26)23-20)17-5-3-9-28-17/h3,5,9-12,15H,2,4,6-8,13H2,1H3,(H,22,23,26). The molecular weight excluding hydrogens is 374 g/mol. The van der Waals surface area contributed by atoms with Gasteiger partial charge < -0.3 is 9.88 Å². The number of piperidine rings is 1. The lowest BCUT2D eigenvalue weighted by atomic mass is 9.96. The van der Waals surface area contributed by atoms with E-state index in [0.29, 0.717) is 31.0 Å². The van der Waals surface area contributed by atoms with Crippen LogP contribution in [0.3, 0.4) is 0 Å². The zero-order chi connectivity index (χ0) is 19.5. The van der Waals surface area contributed by atoms with Gasteiger partial charge in [0.15, 0.2) is 0 Å². The van der Waals surface area contributed by atoms with Crippen molar-refractivity contribution in [3.8, 4) is 10.6 Å². The number of carbonyl (C=O) groups excluding carboxylic acids is 1. The Morgan fingerprint density at radius 2 is 2.32 bits per heavy atom. The predicted molar refractivity (Wildman–Crippen MR) is 108 cm³/mol. The molecule has 1 saturated heterocycles. The molecule has 0 spiro atoms. The molecule has 4 heterocycles. The topological polar surface area (TPSA) is 83.9 Å². The summed E-state index contributed by atoms with van der Waals surface area (Å²) in [6, 6.07) is 5.45. The number of nitrogens with one attached hydrogen (secondary N) is 1. The molecule has 146 valence electrons. The van der Waals surface area contributed by atoms with Crippen LogP contribution in [0, 0.1) is 6.92 Å². The van der Waals surface area contributed by atoms with E-state index in [0.717, 1.165) is 29.8 Å². The zero-order valence-electron chi connectivity index (χ0n) is 15.8. The van der Waals surface area contributed by atoms with Gasteiger partial charge in [0, 0.05) is 44.2 Å². The maximum Gasteiger partial charge on any atom is 0.251 e. The van der Waals surface area contributed by atoms with Crippen molar-refractivity contribution in [1.82, 2.24) is 24.6 Å². The Morgan fingerprint density at radius 1 is 1.43 bits per heavy atom. The summed E-state index contributed by atoms with van der Waals surface area (Å²) in [4.78, 5) is 35.3. The summed E-state index contributed by atoms with van der Waals surface area (Å²) in [6.45, 7) is 3.91. The summed E-state index contributed by atoms with van der Waals surface area (Å²) in [7, 11) is 0. The minimum atomic E-state index is -0.147. The van der Waals surface area contributed by atoms with Crippen molar-refractivity contribution in [3.05, 3.63) is 57.7 Å². The second kappa shape index (κ2) is 8.10. The highest BCUT2D eigenvalue weighted by atomic mass is 32.1. The van der Waals surface area contributed by atoms with E-state index in [2.05, 4.69) is 10.1 Å². The normalized spacial score (nSPS) is 17.0. The SMILES string of the molecule is Cc1cnn(CCC(=O)N2CCCC(c3nc(-c4cccs4)cc(=O)[nH]3)C2)c1. The molecule has 3 aromatic heterocycles. The van der Waals surface area contributed by atoms with Crippen molar-refractivity contribution >= 4 is 17.2 Å². The largest absolute Gasteiger partial charge is 0.342 e. The second-order valence-electron chi connectivity index (χ2n) is 7.20. The molecule has 1 aliphatic heterocycles. The summed E-state index contributed by atoms with van der Waals surface area (Å²) in [5, 5.41) is 6.21. The van der Waals surface area contributed by atoms with E-state index in [9.17, 15) is 9.59 Å². The Morgan fingerprint density at radius 3 is 3.07 bits per heavy atom. The van der Waals surface area contributed by atoms with Gasteiger partial charge in [0.1, 0.15) is 5.82 Å². The molecule has 0 aliphatic carbocycles. The molecule has 1 N–H and O–H groups in total. The summed E-state index contributed by atoms with van der Waals surface area (Å²) < 4.78 is 1.80. The fourth-order valence-corrected chi connectivity index (χ4v) is 4.29. The first-order chi connectivity index (χ1) is 13.6. The number of H-pyrrole nitrogens is 1. The van der Waals surface area contributed by atoms with Gasteiger partial charge in [-0.2, -0.15) is 5.10 Å². The van der Waals surface area contributed by atoms with Crippen LogP contribution in [0.4, 0.5) is 0 Å². The van der Waals surface area contributed by atoms with Gasteiger partial charge in [0.05, 0.1) is 16.8 Å². The molecule has 1 amide bonds. The molecule has 0 aromatic carbocycles. The minimum absolute atomic E-state index is 0.0530. The molecule has 8 heteroatoms. The van der Waals surface area contributed by atoms with Crippen LogP contribution in [0.2, 0.25) is 0 Å². The Bertz CT molecular complexity index is 1010. The van der Waals surface area contributed by atoms with Crippen LogP contribution in [0.25, 0.3) is 10.6 Å². The van der Waals surface area contributed by atoms with Crippen molar-refractivity contribution in [2.24, 2.45) is 0 Å². The first kappa shape index (κ1) is 18.6. The average molecular weight is 398 g/mol. The van der Waals surface area contributed by atoms with Crippen molar-refractivity contribution in [2.45, 2.75) is 38.6 Å². The lowest BCUT2D eigenvalue weighted by Gasteiger charge is -2.32. The van der Waals surface area contributed by atoms with Crippen LogP contribution in [0.15, 0.2) is 40.8 Å². The van der Waals surface area contributed by atoms with Gasteiger partial charge in [0.2, 0.25) is 5.91 Å². The first-order valence-electron chi connectivity index (χ1n) is 9.50. The monoisotopic (exact) mass is 397 g/mol. The highest BCUT2D eigenvalue weighted by molar-refractivity contribution is 7.13. The Balaban J connectivity index is 1.45. The van der Waals surface area contributed by atoms with E-state index < -0.39 is 0 Å². The van der Waals surface area contributed by atoms with Crippen molar-refractivity contribution in [3.63, 3.8) is 0 Å². The van der Waals surface area contributed by atoms with Crippen LogP contribution in [0.5, 0.6) is 0 Å². The van der Waals surface area contributed by atoms with Gasteiger partial charge in [-0.05, 0) is 36.8 Å². The fraction of sp³-hybridized carbons (Fsp3) is 0.400. The molecule has 3 aromatic rings. The quantitative estimate of drug-likeness (QED) is 0.718. The first-order valence-corrected chi connectivity index (χ1v) is 10.4. The number of carbonyl (C=O) groups is 1. The van der Waals surface area contributed by atoms with Gasteiger partial charge in [-0.1, -0.05) is 6.07 Å². The third-order valence-corrected chi connectivity index (χ3v) is 5.90. The average Bonchev–Trinajstić information content (AvgIpc) is 3.37. The summed E-state index contributed by atoms with van der Waals surface area (Å²) in [5.74, 6) is 0.850. The Hall–Kier alpha value is -2.74. The number of hydrogen-bond donors (Lipinski definition) is 1. The van der Waals surface area contributed by atoms with E-state index in [4.69, 9.17) is 4.98 Å². The van der Waals surface area contributed by atoms with Crippen molar-refractivity contribution in [1.29, 1.82) is 0 Å². The molecule has 28 heavy (non-hydrogen) atoms. The summed E-state index contributed by atoms with van der Waals surface area (Å²) >= 11 is 1.56. The lowest BCUT2D eigenvalue weighted by molar-refractivity contribution is -0.132. The maximum atomic E-state index is 12.7. The summed E-state index contributed by atoms with van der Waals surface area (Å²) in [5.41, 5.74) is 1.64. The highest BCUT2D eigenvalue weighted by Crippen LogP contribution is 2.27. The Kier molecular flexibility index (Phi) is 5.38. The third-order valence-electron chi connectivity index (χ3n) is 5.01. The van der Waals surface area contributed by atoms with Gasteiger partial charge in [-0.25, -0.2) is 4.98 Å². The van der Waals surface area contributed by atoms with Gasteiger partial charge in [0.25, 0.3) is 5.56 Å². The second-order valence-corrected chi connectivity index (χ2v) is 8.15. The third kappa shape index (κ3) is 4.22. The molecule has 1 aliphatic rings. The Labute approximate surface area is 167 Å². The smallest absolute Gasteiger partial charge is 0.251 e. The number of hydrogen-bond acceptors (Lipinski definition) is 5. The number of amides is 1. The van der Waals surface area contributed by atoms with Gasteiger partial charge in [-0.15, -0.1) is 11.3 Å². The maximum absolute atomic E-state index is 12.7. The molecule has 4 rings (SSSR count). The van der Waals surface area contributed by atoms with Crippen molar-refractivity contribution in [2.75, 3.05) is 13.1 Å². The van der Waals surface area contributed by atoms with E-state index in [1.807, 2.05) is 35.5 Å². The van der Waals surface area contributed by atoms with E-state index in [1.54, 1.807) is 22.2 Å². The molecule has 1 unspecified atom stereocenters. The zero-order valence-corrected chi connectivity index (χ0v) is 16.6. The van der Waals surface area contributed by atoms with E-state index in [-0.39, 0.29) is 17.4 Å². The summed E-state index contributed by atoms with van der Waals surface area (Å²) in [6.07, 6.45) is 5.98. The highest BCUT2D eigenvalue weighted by Gasteiger charge is 2.26. The number of aryl methyl sites for hydroxylation is 2. The number of likely N-dealkylation sites (tertiary alicyclic amines) is 1. The van der Waals surface area contributed by atoms with Gasteiger partial charge in [-0.3, -0.25) is 14.3 Å².